The van der Waals surface area contributed by atoms with Crippen molar-refractivity contribution in [2.75, 3.05) is 4.90 Å². The maximum atomic E-state index is 6.66. The molecule has 1 unspecified atom stereocenters. The fourth-order valence-corrected chi connectivity index (χ4v) is 7.39. The van der Waals surface area contributed by atoms with E-state index in [1.165, 1.54) is 10.9 Å². The van der Waals surface area contributed by atoms with Crippen molar-refractivity contribution in [2.45, 2.75) is 6.17 Å². The number of benzene rings is 8. The Morgan fingerprint density at radius 3 is 1.89 bits per heavy atom. The molecule has 0 fully saturated rings. The van der Waals surface area contributed by atoms with Gasteiger partial charge in [0.05, 0.1) is 17.7 Å². The van der Waals surface area contributed by atoms with Crippen LogP contribution in [0.25, 0.3) is 49.2 Å². The lowest BCUT2D eigenvalue weighted by Crippen LogP contribution is -2.17. The molecule has 10 rings (SSSR count). The van der Waals surface area contributed by atoms with Gasteiger partial charge >= 0.3 is 0 Å². The van der Waals surface area contributed by atoms with Crippen molar-refractivity contribution < 1.29 is 4.42 Å². The summed E-state index contributed by atoms with van der Waals surface area (Å²) in [5.74, 6) is 1.25. The number of para-hydroxylation sites is 1. The Hall–Kier alpha value is -7.24. The molecule has 5 nitrogen and oxygen atoms in total. The van der Waals surface area contributed by atoms with Crippen LogP contribution in [0.5, 0.6) is 0 Å². The van der Waals surface area contributed by atoms with Crippen molar-refractivity contribution in [2.24, 2.45) is 9.98 Å². The van der Waals surface area contributed by atoms with Crippen LogP contribution in [0.1, 0.15) is 22.9 Å². The Labute approximate surface area is 313 Å². The number of furan rings is 1. The van der Waals surface area contributed by atoms with E-state index in [0.717, 1.165) is 66.6 Å². The third-order valence-electron chi connectivity index (χ3n) is 10.0. The molecule has 8 aromatic carbocycles. The van der Waals surface area contributed by atoms with Gasteiger partial charge in [-0.25, -0.2) is 0 Å². The lowest BCUT2D eigenvalue weighted by atomic mass is 10.0. The predicted molar refractivity (Wildman–Crippen MR) is 223 cm³/mol. The lowest BCUT2D eigenvalue weighted by Gasteiger charge is -2.33. The number of hydrogen-bond donors (Lipinski definition) is 0. The van der Waals surface area contributed by atoms with Gasteiger partial charge in [0.25, 0.3) is 0 Å². The molecular formula is C49H33N4O-. The second-order valence-corrected chi connectivity index (χ2v) is 13.4. The van der Waals surface area contributed by atoms with Gasteiger partial charge in [-0.15, -0.1) is 0 Å². The van der Waals surface area contributed by atoms with Crippen LogP contribution in [0, 0.1) is 0 Å². The van der Waals surface area contributed by atoms with Gasteiger partial charge in [0.15, 0.2) is 0 Å². The summed E-state index contributed by atoms with van der Waals surface area (Å²) in [4.78, 5) is 12.8. The van der Waals surface area contributed by atoms with Crippen LogP contribution in [0.2, 0.25) is 0 Å². The van der Waals surface area contributed by atoms with E-state index in [1.807, 2.05) is 72.8 Å². The highest BCUT2D eigenvalue weighted by Crippen LogP contribution is 2.43. The summed E-state index contributed by atoms with van der Waals surface area (Å²) in [6.07, 6.45) is -0.465. The Morgan fingerprint density at radius 2 is 1.11 bits per heavy atom. The van der Waals surface area contributed by atoms with Crippen LogP contribution in [-0.4, -0.2) is 11.7 Å². The average molecular weight is 694 g/mol. The number of fused-ring (bicyclic) bond motifs is 4. The quantitative estimate of drug-likeness (QED) is 0.167. The summed E-state index contributed by atoms with van der Waals surface area (Å²) in [6, 6.07) is 67.2. The van der Waals surface area contributed by atoms with Gasteiger partial charge < -0.3 is 19.6 Å². The minimum absolute atomic E-state index is 0.465. The molecule has 9 aromatic rings. The van der Waals surface area contributed by atoms with Crippen LogP contribution in [0.3, 0.4) is 0 Å². The number of anilines is 3. The molecular weight excluding hydrogens is 661 g/mol. The molecule has 256 valence electrons. The largest absolute Gasteiger partial charge is 0.456 e. The van der Waals surface area contributed by atoms with Gasteiger partial charge in [-0.1, -0.05) is 157 Å². The van der Waals surface area contributed by atoms with Gasteiger partial charge in [-0.2, -0.15) is 0 Å². The van der Waals surface area contributed by atoms with E-state index >= 15 is 0 Å². The van der Waals surface area contributed by atoms with Crippen LogP contribution >= 0.6 is 0 Å². The normalized spacial score (nSPS) is 14.1. The van der Waals surface area contributed by atoms with Crippen molar-refractivity contribution in [3.05, 3.63) is 216 Å². The zero-order valence-electron chi connectivity index (χ0n) is 29.2. The second kappa shape index (κ2) is 13.4. The second-order valence-electron chi connectivity index (χ2n) is 13.4. The summed E-state index contributed by atoms with van der Waals surface area (Å²) in [6.45, 7) is 0. The zero-order chi connectivity index (χ0) is 35.8. The van der Waals surface area contributed by atoms with Gasteiger partial charge in [0.1, 0.15) is 11.2 Å². The summed E-state index contributed by atoms with van der Waals surface area (Å²) in [5, 5.41) is 9.39. The van der Waals surface area contributed by atoms with Gasteiger partial charge in [0, 0.05) is 33.8 Å². The fraction of sp³-hybridized carbons (Fsp3) is 0.0204. The number of nitrogens with zero attached hydrogens (tertiary/aromatic N) is 4. The molecule has 1 aromatic heterocycles. The highest BCUT2D eigenvalue weighted by atomic mass is 16.3. The van der Waals surface area contributed by atoms with E-state index in [4.69, 9.17) is 19.7 Å². The summed E-state index contributed by atoms with van der Waals surface area (Å²) in [5.41, 5.74) is 9.68. The van der Waals surface area contributed by atoms with E-state index < -0.39 is 6.17 Å². The average Bonchev–Trinajstić information content (AvgIpc) is 3.63. The topological polar surface area (TPSA) is 55.2 Å². The minimum Gasteiger partial charge on any atom is -0.456 e. The molecule has 0 radical (unpaired) electrons. The Bertz CT molecular complexity index is 2840. The molecule has 0 saturated carbocycles. The van der Waals surface area contributed by atoms with E-state index in [2.05, 4.69) is 126 Å². The Kier molecular flexibility index (Phi) is 7.81. The SMILES string of the molecule is c1ccc(C2=NC(c3cc(N(c4ccc(-c5ccccc5)cc4)c4ccc5ccccc5c4)cc4oc5ccccc5c34)=NC(c3ccccc3)[N-]2)cc1. The van der Waals surface area contributed by atoms with E-state index in [1.54, 1.807) is 0 Å². The molecule has 1 aliphatic heterocycles. The predicted octanol–water partition coefficient (Wildman–Crippen LogP) is 13.2. The maximum absolute atomic E-state index is 6.66. The fourth-order valence-electron chi connectivity index (χ4n) is 7.39. The van der Waals surface area contributed by atoms with Crippen LogP contribution in [-0.2, 0) is 0 Å². The number of aliphatic imine (C=N–C) groups is 2. The minimum atomic E-state index is -0.465. The van der Waals surface area contributed by atoms with Crippen molar-refractivity contribution in [3.8, 4) is 11.1 Å². The third-order valence-corrected chi connectivity index (χ3v) is 10.0. The first kappa shape index (κ1) is 31.5. The van der Waals surface area contributed by atoms with Gasteiger partial charge in [-0.3, -0.25) is 4.99 Å². The smallest absolute Gasteiger partial charge is 0.138 e. The van der Waals surface area contributed by atoms with Gasteiger partial charge in [0.2, 0.25) is 0 Å². The van der Waals surface area contributed by atoms with E-state index in [0.29, 0.717) is 11.7 Å². The van der Waals surface area contributed by atoms with Crippen molar-refractivity contribution in [1.29, 1.82) is 0 Å². The molecule has 0 N–H and O–H groups in total. The standard InChI is InChI=1S/C49H33N4O/c1-4-14-33(15-5-1)35-24-27-39(28-25-35)53(40-29-26-34-16-10-11-21-38(34)30-40)41-31-43(46-42-22-12-13-23-44(42)54-45(46)32-41)49-51-47(36-17-6-2-7-18-36)50-48(52-49)37-19-8-3-9-20-37/h1-32,47H/q-1. The summed E-state index contributed by atoms with van der Waals surface area (Å²) < 4.78 is 6.66. The summed E-state index contributed by atoms with van der Waals surface area (Å²) in [7, 11) is 0. The van der Waals surface area contributed by atoms with Crippen LogP contribution in [0.15, 0.2) is 209 Å². The van der Waals surface area contributed by atoms with Crippen molar-refractivity contribution >= 4 is 61.4 Å². The molecule has 0 saturated heterocycles. The first-order valence-corrected chi connectivity index (χ1v) is 18.1. The summed E-state index contributed by atoms with van der Waals surface area (Å²) >= 11 is 0. The van der Waals surface area contributed by atoms with Crippen LogP contribution in [0.4, 0.5) is 17.1 Å². The molecule has 54 heavy (non-hydrogen) atoms. The molecule has 5 heteroatoms. The maximum Gasteiger partial charge on any atom is 0.138 e. The van der Waals surface area contributed by atoms with Crippen LogP contribution < -0.4 is 4.90 Å². The molecule has 0 bridgehead atoms. The molecule has 1 aliphatic rings. The number of rotatable bonds is 7. The molecule has 2 heterocycles. The first-order chi connectivity index (χ1) is 26.7. The molecule has 0 spiro atoms. The monoisotopic (exact) mass is 693 g/mol. The lowest BCUT2D eigenvalue weighted by molar-refractivity contribution is 0.669. The highest BCUT2D eigenvalue weighted by molar-refractivity contribution is 6.25. The Morgan fingerprint density at radius 1 is 0.481 bits per heavy atom. The molecule has 0 aliphatic carbocycles. The van der Waals surface area contributed by atoms with Crippen molar-refractivity contribution in [1.82, 2.24) is 0 Å². The highest BCUT2D eigenvalue weighted by Gasteiger charge is 2.22. The van der Waals surface area contributed by atoms with Gasteiger partial charge in [-0.05, 0) is 69.4 Å². The van der Waals surface area contributed by atoms with E-state index in [9.17, 15) is 0 Å². The van der Waals surface area contributed by atoms with Crippen molar-refractivity contribution in [3.63, 3.8) is 0 Å². The Balaban J connectivity index is 1.22. The molecule has 1 atom stereocenters. The number of amidine groups is 2. The third kappa shape index (κ3) is 5.78. The van der Waals surface area contributed by atoms with E-state index in [-0.39, 0.29) is 0 Å². The molecule has 0 amide bonds. The first-order valence-electron chi connectivity index (χ1n) is 18.1. The number of hydrogen-bond acceptors (Lipinski definition) is 4. The zero-order valence-corrected chi connectivity index (χ0v) is 29.2.